The third-order valence-electron chi connectivity index (χ3n) is 1.86. The van der Waals surface area contributed by atoms with Crippen LogP contribution in [0.25, 0.3) is 0 Å². The lowest BCUT2D eigenvalue weighted by molar-refractivity contribution is -0.121. The molecule has 0 saturated carbocycles. The second kappa shape index (κ2) is 5.76. The van der Waals surface area contributed by atoms with Gasteiger partial charge in [-0.1, -0.05) is 0 Å². The van der Waals surface area contributed by atoms with E-state index in [9.17, 15) is 9.59 Å². The van der Waals surface area contributed by atoms with Gasteiger partial charge in [0.25, 0.3) is 0 Å². The first-order valence-electron chi connectivity index (χ1n) is 4.70. The van der Waals surface area contributed by atoms with E-state index in [0.29, 0.717) is 12.2 Å². The molecule has 0 aliphatic rings. The number of amides is 3. The molecule has 86 valence electrons. The minimum Gasteiger partial charge on any atom is -0.351 e. The number of nitrogens with one attached hydrogen (secondary N) is 2. The molecule has 1 aromatic rings. The summed E-state index contributed by atoms with van der Waals surface area (Å²) in [4.78, 5) is 21.7. The molecule has 0 aliphatic carbocycles. The van der Waals surface area contributed by atoms with E-state index in [1.165, 1.54) is 0 Å². The van der Waals surface area contributed by atoms with E-state index in [2.05, 4.69) is 15.5 Å². The van der Waals surface area contributed by atoms with Crippen LogP contribution in [0.15, 0.2) is 18.3 Å². The first-order chi connectivity index (χ1) is 7.59. The molecule has 0 aromatic carbocycles. The molecule has 7 heteroatoms. The van der Waals surface area contributed by atoms with Crippen molar-refractivity contribution < 1.29 is 9.59 Å². The van der Waals surface area contributed by atoms with E-state index >= 15 is 0 Å². The number of hydrogen-bond acceptors (Lipinski definition) is 5. The van der Waals surface area contributed by atoms with Crippen LogP contribution < -0.4 is 16.4 Å². The average molecular weight is 223 g/mol. The van der Waals surface area contributed by atoms with Gasteiger partial charge < -0.3 is 11.1 Å². The SMILES string of the molecule is CC(NCc1cccnn1)C(=O)NC(N)=O. The van der Waals surface area contributed by atoms with Crippen molar-refractivity contribution in [1.82, 2.24) is 20.8 Å². The Bertz CT molecular complexity index is 367. The Morgan fingerprint density at radius 1 is 1.56 bits per heavy atom. The molecule has 1 heterocycles. The fourth-order valence-corrected chi connectivity index (χ4v) is 1.01. The predicted molar refractivity (Wildman–Crippen MR) is 56.1 cm³/mol. The molecular formula is C9H13N5O2. The van der Waals surface area contributed by atoms with Crippen molar-refractivity contribution in [3.8, 4) is 0 Å². The molecule has 0 radical (unpaired) electrons. The number of nitrogens with two attached hydrogens (primary N) is 1. The van der Waals surface area contributed by atoms with Crippen LogP contribution in [-0.4, -0.2) is 28.2 Å². The van der Waals surface area contributed by atoms with Crippen LogP contribution >= 0.6 is 0 Å². The fraction of sp³-hybridized carbons (Fsp3) is 0.333. The molecule has 1 rings (SSSR count). The van der Waals surface area contributed by atoms with Gasteiger partial charge in [-0.05, 0) is 19.1 Å². The van der Waals surface area contributed by atoms with Crippen LogP contribution in [-0.2, 0) is 11.3 Å². The lowest BCUT2D eigenvalue weighted by Crippen LogP contribution is -2.46. The predicted octanol–water partition coefficient (Wildman–Crippen LogP) is -0.850. The number of nitrogens with zero attached hydrogens (tertiary/aromatic N) is 2. The standard InChI is InChI=1S/C9H13N5O2/c1-6(8(15)13-9(10)16)11-5-7-3-2-4-12-14-7/h2-4,6,11H,5H2,1H3,(H3,10,13,15,16). The molecule has 0 aliphatic heterocycles. The molecule has 4 N–H and O–H groups in total. The summed E-state index contributed by atoms with van der Waals surface area (Å²) < 4.78 is 0. The molecule has 3 amide bonds. The van der Waals surface area contributed by atoms with E-state index in [4.69, 9.17) is 5.73 Å². The largest absolute Gasteiger partial charge is 0.351 e. The number of primary amides is 1. The summed E-state index contributed by atoms with van der Waals surface area (Å²) in [5.41, 5.74) is 5.53. The van der Waals surface area contributed by atoms with Crippen molar-refractivity contribution in [2.24, 2.45) is 5.73 Å². The maximum Gasteiger partial charge on any atom is 0.318 e. The summed E-state index contributed by atoms with van der Waals surface area (Å²) in [5.74, 6) is -0.476. The van der Waals surface area contributed by atoms with Gasteiger partial charge in [0.05, 0.1) is 11.7 Å². The van der Waals surface area contributed by atoms with Gasteiger partial charge in [-0.15, -0.1) is 0 Å². The number of hydrogen-bond donors (Lipinski definition) is 3. The van der Waals surface area contributed by atoms with Gasteiger partial charge in [0.2, 0.25) is 5.91 Å². The van der Waals surface area contributed by atoms with Crippen LogP contribution in [0.1, 0.15) is 12.6 Å². The highest BCUT2D eigenvalue weighted by molar-refractivity contribution is 5.96. The smallest absolute Gasteiger partial charge is 0.318 e. The summed E-state index contributed by atoms with van der Waals surface area (Å²) in [5, 5.41) is 12.4. The van der Waals surface area contributed by atoms with E-state index in [1.807, 2.05) is 5.32 Å². The number of rotatable bonds is 4. The Morgan fingerprint density at radius 3 is 2.88 bits per heavy atom. The number of imide groups is 1. The zero-order chi connectivity index (χ0) is 12.0. The topological polar surface area (TPSA) is 110 Å². The van der Waals surface area contributed by atoms with Crippen molar-refractivity contribution >= 4 is 11.9 Å². The molecule has 1 unspecified atom stereocenters. The van der Waals surface area contributed by atoms with Crippen molar-refractivity contribution in [2.45, 2.75) is 19.5 Å². The van der Waals surface area contributed by atoms with Crippen molar-refractivity contribution in [2.75, 3.05) is 0 Å². The minimum atomic E-state index is -0.863. The highest BCUT2D eigenvalue weighted by atomic mass is 16.2. The molecule has 16 heavy (non-hydrogen) atoms. The Labute approximate surface area is 92.4 Å². The monoisotopic (exact) mass is 223 g/mol. The number of urea groups is 1. The Kier molecular flexibility index (Phi) is 4.34. The average Bonchev–Trinajstić information content (AvgIpc) is 2.26. The number of aromatic nitrogens is 2. The summed E-state index contributed by atoms with van der Waals surface area (Å²) >= 11 is 0. The van der Waals surface area contributed by atoms with Gasteiger partial charge in [0.15, 0.2) is 0 Å². The number of carbonyl (C=O) groups is 2. The quantitative estimate of drug-likeness (QED) is 0.615. The molecular weight excluding hydrogens is 210 g/mol. The maximum absolute atomic E-state index is 11.3. The molecule has 1 aromatic heterocycles. The van der Waals surface area contributed by atoms with Crippen LogP contribution in [0.4, 0.5) is 4.79 Å². The summed E-state index contributed by atoms with van der Waals surface area (Å²) in [6, 6.07) is 2.13. The second-order valence-corrected chi connectivity index (χ2v) is 3.17. The van der Waals surface area contributed by atoms with E-state index in [-0.39, 0.29) is 0 Å². The summed E-state index contributed by atoms with van der Waals surface area (Å²) in [6.45, 7) is 2.01. The first-order valence-corrected chi connectivity index (χ1v) is 4.70. The molecule has 1 atom stereocenters. The zero-order valence-corrected chi connectivity index (χ0v) is 8.80. The molecule has 0 saturated heterocycles. The Hall–Kier alpha value is -2.02. The van der Waals surface area contributed by atoms with Crippen molar-refractivity contribution in [3.63, 3.8) is 0 Å². The van der Waals surface area contributed by atoms with Gasteiger partial charge in [-0.2, -0.15) is 10.2 Å². The molecule has 0 bridgehead atoms. The van der Waals surface area contributed by atoms with E-state index < -0.39 is 18.0 Å². The number of carbonyl (C=O) groups excluding carboxylic acids is 2. The van der Waals surface area contributed by atoms with Gasteiger partial charge in [0.1, 0.15) is 0 Å². The third-order valence-corrected chi connectivity index (χ3v) is 1.86. The zero-order valence-electron chi connectivity index (χ0n) is 8.80. The molecule has 0 fully saturated rings. The van der Waals surface area contributed by atoms with E-state index in [1.54, 1.807) is 25.3 Å². The highest BCUT2D eigenvalue weighted by Gasteiger charge is 2.13. The van der Waals surface area contributed by atoms with Gasteiger partial charge in [-0.25, -0.2) is 4.79 Å². The van der Waals surface area contributed by atoms with Crippen molar-refractivity contribution in [1.29, 1.82) is 0 Å². The van der Waals surface area contributed by atoms with Gasteiger partial charge in [0, 0.05) is 12.7 Å². The highest BCUT2D eigenvalue weighted by Crippen LogP contribution is 1.91. The maximum atomic E-state index is 11.3. The minimum absolute atomic E-state index is 0.390. The third kappa shape index (κ3) is 4.01. The van der Waals surface area contributed by atoms with Crippen LogP contribution in [0.2, 0.25) is 0 Å². The second-order valence-electron chi connectivity index (χ2n) is 3.17. The molecule has 7 nitrogen and oxygen atoms in total. The lowest BCUT2D eigenvalue weighted by atomic mass is 10.3. The lowest BCUT2D eigenvalue weighted by Gasteiger charge is -2.11. The van der Waals surface area contributed by atoms with Crippen LogP contribution in [0, 0.1) is 0 Å². The van der Waals surface area contributed by atoms with Crippen LogP contribution in [0.5, 0.6) is 0 Å². The van der Waals surface area contributed by atoms with Crippen molar-refractivity contribution in [3.05, 3.63) is 24.0 Å². The normalized spacial score (nSPS) is 11.8. The first kappa shape index (κ1) is 12.1. The fourth-order valence-electron chi connectivity index (χ4n) is 1.01. The summed E-state index contributed by atoms with van der Waals surface area (Å²) in [6.07, 6.45) is 1.56. The Morgan fingerprint density at radius 2 is 2.31 bits per heavy atom. The molecule has 0 spiro atoms. The van der Waals surface area contributed by atoms with Gasteiger partial charge in [-0.3, -0.25) is 10.1 Å². The Balaban J connectivity index is 2.38. The van der Waals surface area contributed by atoms with E-state index in [0.717, 1.165) is 0 Å². The van der Waals surface area contributed by atoms with Gasteiger partial charge >= 0.3 is 6.03 Å². The summed E-state index contributed by atoms with van der Waals surface area (Å²) in [7, 11) is 0. The van der Waals surface area contributed by atoms with Crippen LogP contribution in [0.3, 0.4) is 0 Å².